The summed E-state index contributed by atoms with van der Waals surface area (Å²) in [7, 11) is 0. The van der Waals surface area contributed by atoms with Crippen molar-refractivity contribution in [2.75, 3.05) is 10.6 Å². The van der Waals surface area contributed by atoms with E-state index in [9.17, 15) is 9.59 Å². The van der Waals surface area contributed by atoms with Crippen molar-refractivity contribution in [1.82, 2.24) is 0 Å². The number of anilines is 2. The third kappa shape index (κ3) is 5.66. The minimum Gasteiger partial charge on any atom is -0.326 e. The maximum absolute atomic E-state index is 11.0. The highest BCUT2D eigenvalue weighted by molar-refractivity contribution is 6.02. The lowest BCUT2D eigenvalue weighted by Gasteiger charge is -2.05. The van der Waals surface area contributed by atoms with Crippen LogP contribution in [0.5, 0.6) is 0 Å². The van der Waals surface area contributed by atoms with Crippen molar-refractivity contribution in [3.8, 4) is 0 Å². The number of amides is 2. The third-order valence-electron chi connectivity index (χ3n) is 3.60. The predicted molar refractivity (Wildman–Crippen MR) is 106 cm³/mol. The van der Waals surface area contributed by atoms with E-state index in [0.29, 0.717) is 0 Å². The Balaban J connectivity index is 2.10. The topological polar surface area (TPSA) is 82.9 Å². The molecule has 0 unspecified atom stereocenters. The zero-order valence-electron chi connectivity index (χ0n) is 15.3. The van der Waals surface area contributed by atoms with Gasteiger partial charge in [0.05, 0.1) is 11.4 Å². The smallest absolute Gasteiger partial charge is 0.221 e. The highest BCUT2D eigenvalue weighted by Crippen LogP contribution is 2.12. The second-order valence-electron chi connectivity index (χ2n) is 5.89. The molecule has 0 fully saturated rings. The van der Waals surface area contributed by atoms with Gasteiger partial charge in [0.2, 0.25) is 11.8 Å². The fraction of sp³-hybridized carbons (Fsp3) is 0.200. The van der Waals surface area contributed by atoms with Gasteiger partial charge in [-0.1, -0.05) is 24.3 Å². The first-order valence-corrected chi connectivity index (χ1v) is 8.20. The molecule has 0 heterocycles. The Hall–Kier alpha value is -3.28. The first-order chi connectivity index (χ1) is 12.3. The van der Waals surface area contributed by atoms with Gasteiger partial charge in [-0.05, 0) is 49.2 Å². The Morgan fingerprint density at radius 1 is 0.615 bits per heavy atom. The van der Waals surface area contributed by atoms with Gasteiger partial charge in [-0.3, -0.25) is 9.59 Å². The summed E-state index contributed by atoms with van der Waals surface area (Å²) in [5.41, 5.74) is 4.89. The number of hydrogen-bond donors (Lipinski definition) is 2. The number of rotatable bonds is 5. The zero-order chi connectivity index (χ0) is 19.1. The van der Waals surface area contributed by atoms with Gasteiger partial charge in [-0.25, -0.2) is 0 Å². The van der Waals surface area contributed by atoms with Gasteiger partial charge in [0.15, 0.2) is 0 Å². The Bertz CT molecular complexity index is 777. The van der Waals surface area contributed by atoms with Gasteiger partial charge in [-0.15, -0.1) is 0 Å². The van der Waals surface area contributed by atoms with Crippen molar-refractivity contribution in [2.24, 2.45) is 10.2 Å². The molecule has 26 heavy (non-hydrogen) atoms. The molecular weight excluding hydrogens is 328 g/mol. The van der Waals surface area contributed by atoms with E-state index in [1.54, 1.807) is 0 Å². The molecule has 0 aliphatic rings. The molecule has 2 amide bonds. The molecule has 0 aromatic heterocycles. The van der Waals surface area contributed by atoms with E-state index in [4.69, 9.17) is 0 Å². The van der Waals surface area contributed by atoms with E-state index in [2.05, 4.69) is 20.8 Å². The SMILES string of the molecule is CC(=O)Nc1ccc(/C(C)=N/N=C(\C)c2ccc(NC(C)=O)cc2)cc1. The van der Waals surface area contributed by atoms with Gasteiger partial charge >= 0.3 is 0 Å². The van der Waals surface area contributed by atoms with Crippen LogP contribution in [-0.4, -0.2) is 23.2 Å². The summed E-state index contributed by atoms with van der Waals surface area (Å²) in [6.45, 7) is 6.70. The van der Waals surface area contributed by atoms with Crippen LogP contribution in [0.15, 0.2) is 58.7 Å². The van der Waals surface area contributed by atoms with Crippen LogP contribution in [0.4, 0.5) is 11.4 Å². The number of hydrogen-bond acceptors (Lipinski definition) is 4. The lowest BCUT2D eigenvalue weighted by molar-refractivity contribution is -0.115. The average molecular weight is 350 g/mol. The fourth-order valence-electron chi connectivity index (χ4n) is 2.26. The Labute approximate surface area is 153 Å². The maximum atomic E-state index is 11.0. The molecule has 0 radical (unpaired) electrons. The monoisotopic (exact) mass is 350 g/mol. The number of nitrogens with one attached hydrogen (secondary N) is 2. The Morgan fingerprint density at radius 2 is 0.923 bits per heavy atom. The molecular formula is C20H22N4O2. The van der Waals surface area contributed by atoms with E-state index >= 15 is 0 Å². The van der Waals surface area contributed by atoms with Crippen LogP contribution < -0.4 is 10.6 Å². The van der Waals surface area contributed by atoms with Crippen LogP contribution >= 0.6 is 0 Å². The first kappa shape index (κ1) is 19.1. The molecule has 2 N–H and O–H groups in total. The number of benzene rings is 2. The molecule has 0 saturated heterocycles. The number of nitrogens with zero attached hydrogens (tertiary/aromatic N) is 2. The highest BCUT2D eigenvalue weighted by Gasteiger charge is 2.01. The first-order valence-electron chi connectivity index (χ1n) is 8.20. The Kier molecular flexibility index (Phi) is 6.38. The van der Waals surface area contributed by atoms with Crippen LogP contribution in [0.25, 0.3) is 0 Å². The molecule has 0 aliphatic carbocycles. The van der Waals surface area contributed by atoms with Crippen molar-refractivity contribution in [2.45, 2.75) is 27.7 Å². The minimum atomic E-state index is -0.104. The fourth-order valence-corrected chi connectivity index (χ4v) is 2.26. The molecule has 0 saturated carbocycles. The van der Waals surface area contributed by atoms with Crippen LogP contribution in [0.2, 0.25) is 0 Å². The summed E-state index contributed by atoms with van der Waals surface area (Å²) in [6.07, 6.45) is 0. The molecule has 0 aliphatic heterocycles. The van der Waals surface area contributed by atoms with E-state index < -0.39 is 0 Å². The summed E-state index contributed by atoms with van der Waals surface area (Å²) in [5.74, 6) is -0.208. The lowest BCUT2D eigenvalue weighted by Crippen LogP contribution is -2.06. The van der Waals surface area contributed by atoms with E-state index in [1.165, 1.54) is 13.8 Å². The molecule has 2 aromatic rings. The van der Waals surface area contributed by atoms with Crippen molar-refractivity contribution in [3.63, 3.8) is 0 Å². The van der Waals surface area contributed by atoms with E-state index in [0.717, 1.165) is 33.9 Å². The van der Waals surface area contributed by atoms with E-state index in [-0.39, 0.29) is 11.8 Å². The van der Waals surface area contributed by atoms with E-state index in [1.807, 2.05) is 62.4 Å². The summed E-state index contributed by atoms with van der Waals surface area (Å²) < 4.78 is 0. The van der Waals surface area contributed by atoms with Crippen LogP contribution in [0, 0.1) is 0 Å². The highest BCUT2D eigenvalue weighted by atomic mass is 16.2. The van der Waals surface area contributed by atoms with Gasteiger partial charge in [-0.2, -0.15) is 10.2 Å². The van der Waals surface area contributed by atoms with Crippen LogP contribution in [-0.2, 0) is 9.59 Å². The third-order valence-corrected chi connectivity index (χ3v) is 3.60. The second-order valence-corrected chi connectivity index (χ2v) is 5.89. The van der Waals surface area contributed by atoms with Crippen molar-refractivity contribution in [3.05, 3.63) is 59.7 Å². The van der Waals surface area contributed by atoms with Gasteiger partial charge in [0.25, 0.3) is 0 Å². The van der Waals surface area contributed by atoms with Gasteiger partial charge in [0, 0.05) is 25.2 Å². The number of carbonyl (C=O) groups is 2. The van der Waals surface area contributed by atoms with Gasteiger partial charge < -0.3 is 10.6 Å². The lowest BCUT2D eigenvalue weighted by atomic mass is 10.1. The van der Waals surface area contributed by atoms with Crippen LogP contribution in [0.3, 0.4) is 0 Å². The predicted octanol–water partition coefficient (Wildman–Crippen LogP) is 3.84. The molecule has 6 heteroatoms. The van der Waals surface area contributed by atoms with Crippen molar-refractivity contribution < 1.29 is 9.59 Å². The second kappa shape index (κ2) is 8.71. The molecule has 0 atom stereocenters. The average Bonchev–Trinajstić information content (AvgIpc) is 2.59. The standard InChI is InChI=1S/C20H22N4O2/c1-13(17-5-9-19(10-6-17)21-15(3)25)23-24-14(2)18-7-11-20(12-8-18)22-16(4)26/h5-12H,1-4H3,(H,21,25)(H,22,26)/b23-13+,24-14+. The molecule has 0 spiro atoms. The van der Waals surface area contributed by atoms with Crippen molar-refractivity contribution >= 4 is 34.6 Å². The van der Waals surface area contributed by atoms with Gasteiger partial charge in [0.1, 0.15) is 0 Å². The number of carbonyl (C=O) groups excluding carboxylic acids is 2. The zero-order valence-corrected chi connectivity index (χ0v) is 15.3. The molecule has 0 bridgehead atoms. The van der Waals surface area contributed by atoms with Crippen molar-refractivity contribution in [1.29, 1.82) is 0 Å². The Morgan fingerprint density at radius 3 is 1.19 bits per heavy atom. The molecule has 2 rings (SSSR count). The quantitative estimate of drug-likeness (QED) is 0.634. The maximum Gasteiger partial charge on any atom is 0.221 e. The largest absolute Gasteiger partial charge is 0.326 e. The summed E-state index contributed by atoms with van der Waals surface area (Å²) >= 11 is 0. The minimum absolute atomic E-state index is 0.104. The molecule has 134 valence electrons. The summed E-state index contributed by atoms with van der Waals surface area (Å²) in [5, 5.41) is 14.0. The normalized spacial score (nSPS) is 11.8. The summed E-state index contributed by atoms with van der Waals surface area (Å²) in [4.78, 5) is 22.1. The van der Waals surface area contributed by atoms with Crippen LogP contribution in [0.1, 0.15) is 38.8 Å². The summed E-state index contributed by atoms with van der Waals surface area (Å²) in [6, 6.07) is 14.9. The molecule has 2 aromatic carbocycles. The molecule has 6 nitrogen and oxygen atoms in total.